The number of benzene rings is 2. The van der Waals surface area contributed by atoms with E-state index >= 15 is 0 Å². The van der Waals surface area contributed by atoms with Crippen LogP contribution in [-0.4, -0.2) is 34.4 Å². The normalized spacial score (nSPS) is 14.9. The van der Waals surface area contributed by atoms with E-state index in [1.54, 1.807) is 25.3 Å². The zero-order valence-electron chi connectivity index (χ0n) is 18.1. The third-order valence-electron chi connectivity index (χ3n) is 5.28. The number of nitrogens with zero attached hydrogens (tertiary/aromatic N) is 3. The monoisotopic (exact) mass is 474 g/mol. The second-order valence-electron chi connectivity index (χ2n) is 7.67. The van der Waals surface area contributed by atoms with E-state index in [0.717, 1.165) is 22.0 Å². The summed E-state index contributed by atoms with van der Waals surface area (Å²) in [5.41, 5.74) is 3.23. The van der Waals surface area contributed by atoms with Gasteiger partial charge in [-0.3, -0.25) is 19.5 Å². The van der Waals surface area contributed by atoms with Crippen LogP contribution < -0.4 is 15.0 Å². The summed E-state index contributed by atoms with van der Waals surface area (Å²) in [6.45, 7) is 1.43. The standard InChI is InChI=1S/C25H19FN4O3S/c1-15-25(32)30(13-23(31)28-18-8-6-17(26)7-9-18)21-12-16(5-10-22(21)33-15)20-14-34-24(29-20)19-4-2-3-11-27-19/h2-12,14-15H,13H2,1H3,(H,28,31). The van der Waals surface area contributed by atoms with Crippen LogP contribution in [0.4, 0.5) is 15.8 Å². The van der Waals surface area contributed by atoms with Crippen molar-refractivity contribution >= 4 is 34.5 Å². The molecular weight excluding hydrogens is 455 g/mol. The third kappa shape index (κ3) is 4.38. The molecule has 1 atom stereocenters. The lowest BCUT2D eigenvalue weighted by Gasteiger charge is -2.32. The number of rotatable bonds is 5. The highest BCUT2D eigenvalue weighted by Gasteiger charge is 2.33. The van der Waals surface area contributed by atoms with Crippen molar-refractivity contribution in [1.82, 2.24) is 9.97 Å². The third-order valence-corrected chi connectivity index (χ3v) is 6.15. The first-order chi connectivity index (χ1) is 16.5. The number of carbonyl (C=O) groups is 2. The maximum Gasteiger partial charge on any atom is 0.268 e. The smallest absolute Gasteiger partial charge is 0.268 e. The summed E-state index contributed by atoms with van der Waals surface area (Å²) in [5, 5.41) is 5.40. The van der Waals surface area contributed by atoms with E-state index in [1.165, 1.54) is 40.5 Å². The van der Waals surface area contributed by atoms with Gasteiger partial charge >= 0.3 is 0 Å². The molecule has 4 aromatic rings. The van der Waals surface area contributed by atoms with Gasteiger partial charge in [-0.05, 0) is 61.5 Å². The molecule has 0 saturated carbocycles. The molecular formula is C25H19FN4O3S. The van der Waals surface area contributed by atoms with Crippen molar-refractivity contribution < 1.29 is 18.7 Å². The van der Waals surface area contributed by atoms with Crippen LogP contribution in [-0.2, 0) is 9.59 Å². The van der Waals surface area contributed by atoms with Gasteiger partial charge in [-0.2, -0.15) is 0 Å². The van der Waals surface area contributed by atoms with Gasteiger partial charge < -0.3 is 10.1 Å². The summed E-state index contributed by atoms with van der Waals surface area (Å²) >= 11 is 1.47. The predicted octanol–water partition coefficient (Wildman–Crippen LogP) is 4.76. The van der Waals surface area contributed by atoms with E-state index < -0.39 is 17.8 Å². The SMILES string of the molecule is CC1Oc2ccc(-c3csc(-c4ccccn4)n3)cc2N(CC(=O)Nc2ccc(F)cc2)C1=O. The molecule has 9 heteroatoms. The molecule has 5 rings (SSSR count). The number of thiazole rings is 1. The minimum absolute atomic E-state index is 0.212. The lowest BCUT2D eigenvalue weighted by atomic mass is 10.1. The minimum atomic E-state index is -0.730. The van der Waals surface area contributed by atoms with Gasteiger partial charge in [0.25, 0.3) is 5.91 Å². The Morgan fingerprint density at radius 2 is 1.97 bits per heavy atom. The van der Waals surface area contributed by atoms with Crippen molar-refractivity contribution in [3.8, 4) is 27.7 Å². The van der Waals surface area contributed by atoms with Crippen molar-refractivity contribution in [2.24, 2.45) is 0 Å². The summed E-state index contributed by atoms with van der Waals surface area (Å²) in [6, 6.07) is 16.5. The molecule has 0 radical (unpaired) electrons. The maximum atomic E-state index is 13.1. The van der Waals surface area contributed by atoms with Crippen molar-refractivity contribution in [2.75, 3.05) is 16.8 Å². The van der Waals surface area contributed by atoms with E-state index in [2.05, 4.69) is 15.3 Å². The van der Waals surface area contributed by atoms with Gasteiger partial charge in [0.15, 0.2) is 6.10 Å². The molecule has 0 aliphatic carbocycles. The number of carbonyl (C=O) groups excluding carboxylic acids is 2. The fourth-order valence-corrected chi connectivity index (χ4v) is 4.42. The molecule has 1 aliphatic rings. The molecule has 1 unspecified atom stereocenters. The van der Waals surface area contributed by atoms with Crippen LogP contribution >= 0.6 is 11.3 Å². The van der Waals surface area contributed by atoms with Crippen LogP contribution in [0.15, 0.2) is 72.2 Å². The number of pyridine rings is 1. The molecule has 2 aromatic heterocycles. The average Bonchev–Trinajstić information content (AvgIpc) is 3.34. The Balaban J connectivity index is 1.42. The van der Waals surface area contributed by atoms with E-state index in [1.807, 2.05) is 29.6 Å². The zero-order valence-corrected chi connectivity index (χ0v) is 18.9. The molecule has 2 amide bonds. The second-order valence-corrected chi connectivity index (χ2v) is 8.53. The number of aromatic nitrogens is 2. The van der Waals surface area contributed by atoms with Crippen LogP contribution in [0.5, 0.6) is 5.75 Å². The lowest BCUT2D eigenvalue weighted by Crippen LogP contribution is -2.47. The van der Waals surface area contributed by atoms with E-state index in [9.17, 15) is 14.0 Å². The molecule has 170 valence electrons. The Bertz CT molecular complexity index is 1360. The summed E-state index contributed by atoms with van der Waals surface area (Å²) in [7, 11) is 0. The largest absolute Gasteiger partial charge is 0.479 e. The number of fused-ring (bicyclic) bond motifs is 1. The Hall–Kier alpha value is -4.11. The molecule has 2 aromatic carbocycles. The maximum absolute atomic E-state index is 13.1. The van der Waals surface area contributed by atoms with Crippen molar-refractivity contribution in [3.05, 3.63) is 78.1 Å². The Kier molecular flexibility index (Phi) is 5.77. The predicted molar refractivity (Wildman–Crippen MR) is 128 cm³/mol. The van der Waals surface area contributed by atoms with Gasteiger partial charge in [-0.15, -0.1) is 11.3 Å². The highest BCUT2D eigenvalue weighted by atomic mass is 32.1. The van der Waals surface area contributed by atoms with Crippen molar-refractivity contribution in [2.45, 2.75) is 13.0 Å². The highest BCUT2D eigenvalue weighted by Crippen LogP contribution is 2.38. The summed E-state index contributed by atoms with van der Waals surface area (Å²) < 4.78 is 18.9. The molecule has 3 heterocycles. The summed E-state index contributed by atoms with van der Waals surface area (Å²) in [6.07, 6.45) is 0.987. The number of ether oxygens (including phenoxy) is 1. The van der Waals surface area contributed by atoms with Gasteiger partial charge in [0.2, 0.25) is 5.91 Å². The van der Waals surface area contributed by atoms with Gasteiger partial charge in [0.1, 0.15) is 23.1 Å². The fraction of sp³-hybridized carbons (Fsp3) is 0.120. The zero-order chi connectivity index (χ0) is 23.7. The topological polar surface area (TPSA) is 84.4 Å². The first kappa shape index (κ1) is 21.7. The second kappa shape index (κ2) is 9.03. The lowest BCUT2D eigenvalue weighted by molar-refractivity contribution is -0.127. The molecule has 0 spiro atoms. The first-order valence-corrected chi connectivity index (χ1v) is 11.4. The van der Waals surface area contributed by atoms with Gasteiger partial charge in [-0.1, -0.05) is 6.07 Å². The average molecular weight is 475 g/mol. The Morgan fingerprint density at radius 1 is 1.15 bits per heavy atom. The molecule has 1 aliphatic heterocycles. The van der Waals surface area contributed by atoms with Crippen molar-refractivity contribution in [1.29, 1.82) is 0 Å². The first-order valence-electron chi connectivity index (χ1n) is 10.5. The number of anilines is 2. The number of amides is 2. The number of halogens is 1. The molecule has 0 saturated heterocycles. The van der Waals surface area contributed by atoms with Gasteiger partial charge in [0.05, 0.1) is 17.1 Å². The van der Waals surface area contributed by atoms with Gasteiger partial charge in [-0.25, -0.2) is 9.37 Å². The Labute approximate surface area is 198 Å². The van der Waals surface area contributed by atoms with Crippen LogP contribution in [0, 0.1) is 5.82 Å². The van der Waals surface area contributed by atoms with Crippen LogP contribution in [0.25, 0.3) is 22.0 Å². The Morgan fingerprint density at radius 3 is 2.74 bits per heavy atom. The molecule has 0 bridgehead atoms. The summed E-state index contributed by atoms with van der Waals surface area (Å²) in [5.74, 6) is -0.627. The summed E-state index contributed by atoms with van der Waals surface area (Å²) in [4.78, 5) is 36.0. The van der Waals surface area contributed by atoms with Crippen LogP contribution in [0.3, 0.4) is 0 Å². The number of hydrogen-bond donors (Lipinski definition) is 1. The van der Waals surface area contributed by atoms with E-state index in [0.29, 0.717) is 17.1 Å². The molecule has 34 heavy (non-hydrogen) atoms. The molecule has 1 N–H and O–H groups in total. The molecule has 0 fully saturated rings. The number of hydrogen-bond acceptors (Lipinski definition) is 6. The van der Waals surface area contributed by atoms with Crippen molar-refractivity contribution in [3.63, 3.8) is 0 Å². The molecule has 7 nitrogen and oxygen atoms in total. The highest BCUT2D eigenvalue weighted by molar-refractivity contribution is 7.13. The quantitative estimate of drug-likeness (QED) is 0.451. The minimum Gasteiger partial charge on any atom is -0.479 e. The van der Waals surface area contributed by atoms with Crippen LogP contribution in [0.2, 0.25) is 0 Å². The fourth-order valence-electron chi connectivity index (χ4n) is 3.62. The van der Waals surface area contributed by atoms with Crippen LogP contribution in [0.1, 0.15) is 6.92 Å². The van der Waals surface area contributed by atoms with E-state index in [4.69, 9.17) is 4.74 Å². The van der Waals surface area contributed by atoms with Gasteiger partial charge in [0, 0.05) is 22.8 Å². The van der Waals surface area contributed by atoms with E-state index in [-0.39, 0.29) is 12.5 Å². The number of nitrogens with one attached hydrogen (secondary N) is 1.